The van der Waals surface area contributed by atoms with Gasteiger partial charge in [0.05, 0.1) is 24.0 Å². The number of benzene rings is 1. The average Bonchev–Trinajstić information content (AvgIpc) is 3.09. The van der Waals surface area contributed by atoms with Crippen molar-refractivity contribution in [2.24, 2.45) is 10.4 Å². The van der Waals surface area contributed by atoms with E-state index in [0.717, 1.165) is 30.4 Å². The number of ether oxygens (including phenoxy) is 1. The zero-order chi connectivity index (χ0) is 18.0. The zero-order valence-corrected chi connectivity index (χ0v) is 15.7. The second kappa shape index (κ2) is 10.5. The van der Waals surface area contributed by atoms with Crippen LogP contribution in [0.2, 0.25) is 0 Å². The molecule has 25 heavy (non-hydrogen) atoms. The lowest BCUT2D eigenvalue weighted by molar-refractivity contribution is 0.131. The van der Waals surface area contributed by atoms with Crippen LogP contribution in [-0.2, 0) is 15.5 Å². The molecule has 1 aliphatic rings. The van der Waals surface area contributed by atoms with E-state index in [-0.39, 0.29) is 12.0 Å². The van der Waals surface area contributed by atoms with Gasteiger partial charge in [-0.05, 0) is 31.9 Å². The predicted molar refractivity (Wildman–Crippen MR) is 101 cm³/mol. The molecule has 1 fully saturated rings. The van der Waals surface area contributed by atoms with E-state index >= 15 is 0 Å². The lowest BCUT2D eigenvalue weighted by Crippen LogP contribution is -2.40. The lowest BCUT2D eigenvalue weighted by atomic mass is 9.84. The molecule has 2 rings (SSSR count). The maximum absolute atomic E-state index is 12.3. The number of aliphatic imine (C=N–C) groups is 1. The van der Waals surface area contributed by atoms with E-state index in [1.165, 1.54) is 0 Å². The van der Waals surface area contributed by atoms with Crippen LogP contribution in [-0.4, -0.2) is 60.5 Å². The van der Waals surface area contributed by atoms with Crippen LogP contribution < -0.4 is 10.6 Å². The summed E-state index contributed by atoms with van der Waals surface area (Å²) in [4.78, 5) is 5.50. The summed E-state index contributed by atoms with van der Waals surface area (Å²) >= 11 is 0. The summed E-state index contributed by atoms with van der Waals surface area (Å²) in [5, 5.41) is 15.8. The number of aliphatic hydroxyl groups is 1. The van der Waals surface area contributed by atoms with Gasteiger partial charge in [-0.1, -0.05) is 18.2 Å². The van der Waals surface area contributed by atoms with Crippen molar-refractivity contribution in [3.05, 3.63) is 30.3 Å². The Kier molecular flexibility index (Phi) is 8.37. The SMILES string of the molecule is CCNC(=NCC1(CCO)CCOC1)NCCS(=O)c1ccccc1. The van der Waals surface area contributed by atoms with Crippen LogP contribution in [0.1, 0.15) is 19.8 Å². The van der Waals surface area contributed by atoms with Gasteiger partial charge in [0.1, 0.15) is 0 Å². The highest BCUT2D eigenvalue weighted by Crippen LogP contribution is 2.32. The monoisotopic (exact) mass is 367 g/mol. The number of hydrogen-bond acceptors (Lipinski definition) is 4. The molecular weight excluding hydrogens is 338 g/mol. The van der Waals surface area contributed by atoms with E-state index in [1.54, 1.807) is 0 Å². The minimum Gasteiger partial charge on any atom is -0.396 e. The smallest absolute Gasteiger partial charge is 0.191 e. The Hall–Kier alpha value is -1.44. The molecular formula is C18H29N3O3S. The summed E-state index contributed by atoms with van der Waals surface area (Å²) in [6.07, 6.45) is 1.63. The molecule has 1 aliphatic heterocycles. The predicted octanol–water partition coefficient (Wildman–Crippen LogP) is 1.14. The lowest BCUT2D eigenvalue weighted by Gasteiger charge is -2.24. The van der Waals surface area contributed by atoms with Gasteiger partial charge < -0.3 is 20.5 Å². The number of nitrogens with one attached hydrogen (secondary N) is 2. The molecule has 3 N–H and O–H groups in total. The molecule has 0 aliphatic carbocycles. The molecule has 7 heteroatoms. The van der Waals surface area contributed by atoms with E-state index in [1.807, 2.05) is 37.3 Å². The van der Waals surface area contributed by atoms with E-state index in [9.17, 15) is 9.32 Å². The van der Waals surface area contributed by atoms with Crippen LogP contribution in [0.3, 0.4) is 0 Å². The van der Waals surface area contributed by atoms with Crippen molar-refractivity contribution < 1.29 is 14.1 Å². The fourth-order valence-corrected chi connectivity index (χ4v) is 3.81. The highest BCUT2D eigenvalue weighted by Gasteiger charge is 2.34. The molecule has 1 saturated heterocycles. The molecule has 0 amide bonds. The summed E-state index contributed by atoms with van der Waals surface area (Å²) < 4.78 is 17.8. The van der Waals surface area contributed by atoms with E-state index in [4.69, 9.17) is 4.74 Å². The van der Waals surface area contributed by atoms with Crippen molar-refractivity contribution in [2.75, 3.05) is 45.2 Å². The summed E-state index contributed by atoms with van der Waals surface area (Å²) in [5.74, 6) is 1.25. The van der Waals surface area contributed by atoms with Crippen LogP contribution in [0.15, 0.2) is 40.2 Å². The highest BCUT2D eigenvalue weighted by atomic mass is 32.2. The molecule has 6 nitrogen and oxygen atoms in total. The first kappa shape index (κ1) is 19.9. The summed E-state index contributed by atoms with van der Waals surface area (Å²) in [6.45, 7) is 5.50. The third kappa shape index (κ3) is 6.41. The third-order valence-electron chi connectivity index (χ3n) is 4.33. The highest BCUT2D eigenvalue weighted by molar-refractivity contribution is 7.85. The molecule has 1 aromatic carbocycles. The van der Waals surface area contributed by atoms with Crippen LogP contribution in [0, 0.1) is 5.41 Å². The van der Waals surface area contributed by atoms with Gasteiger partial charge >= 0.3 is 0 Å². The topological polar surface area (TPSA) is 83.0 Å². The fourth-order valence-electron chi connectivity index (χ4n) is 2.83. The molecule has 1 heterocycles. The van der Waals surface area contributed by atoms with Crippen molar-refractivity contribution in [3.63, 3.8) is 0 Å². The molecule has 0 radical (unpaired) electrons. The zero-order valence-electron chi connectivity index (χ0n) is 14.9. The summed E-state index contributed by atoms with van der Waals surface area (Å²) in [7, 11) is -1.02. The Morgan fingerprint density at radius 3 is 2.80 bits per heavy atom. The van der Waals surface area contributed by atoms with Crippen molar-refractivity contribution in [2.45, 2.75) is 24.7 Å². The van der Waals surface area contributed by atoms with Gasteiger partial charge in [0.15, 0.2) is 5.96 Å². The van der Waals surface area contributed by atoms with Crippen LogP contribution in [0.25, 0.3) is 0 Å². The van der Waals surface area contributed by atoms with Gasteiger partial charge in [0.2, 0.25) is 0 Å². The van der Waals surface area contributed by atoms with Crippen LogP contribution >= 0.6 is 0 Å². The first-order valence-corrected chi connectivity index (χ1v) is 10.2. The standard InChI is InChI=1S/C18H29N3O3S/c1-2-19-17(21-14-18(8-11-22)9-12-24-15-18)20-10-13-25(23)16-6-4-3-5-7-16/h3-7,22H,2,8-15H2,1H3,(H2,19,20,21). The first-order valence-electron chi connectivity index (χ1n) is 8.83. The van der Waals surface area contributed by atoms with Crippen molar-refractivity contribution in [1.29, 1.82) is 0 Å². The van der Waals surface area contributed by atoms with Crippen molar-refractivity contribution in [1.82, 2.24) is 10.6 Å². The van der Waals surface area contributed by atoms with E-state index < -0.39 is 10.8 Å². The number of guanidine groups is 1. The molecule has 0 saturated carbocycles. The van der Waals surface area contributed by atoms with Crippen LogP contribution in [0.4, 0.5) is 0 Å². The quantitative estimate of drug-likeness (QED) is 0.450. The first-order chi connectivity index (χ1) is 12.2. The molecule has 0 spiro atoms. The van der Waals surface area contributed by atoms with E-state index in [2.05, 4.69) is 15.6 Å². The van der Waals surface area contributed by atoms with Gasteiger partial charge in [-0.3, -0.25) is 9.20 Å². The Balaban J connectivity index is 1.86. The van der Waals surface area contributed by atoms with Crippen molar-refractivity contribution >= 4 is 16.8 Å². The van der Waals surface area contributed by atoms with Gasteiger partial charge in [-0.25, -0.2) is 0 Å². The minimum atomic E-state index is -1.02. The van der Waals surface area contributed by atoms with Crippen LogP contribution in [0.5, 0.6) is 0 Å². The van der Waals surface area contributed by atoms with Gasteiger partial charge in [0, 0.05) is 42.4 Å². The minimum absolute atomic E-state index is 0.0655. The Morgan fingerprint density at radius 1 is 1.36 bits per heavy atom. The largest absolute Gasteiger partial charge is 0.396 e. The molecule has 1 aromatic rings. The molecule has 2 unspecified atom stereocenters. The maximum atomic E-state index is 12.3. The number of hydrogen-bond donors (Lipinski definition) is 3. The summed E-state index contributed by atoms with van der Waals surface area (Å²) in [6, 6.07) is 9.49. The molecule has 0 bridgehead atoms. The van der Waals surface area contributed by atoms with E-state index in [0.29, 0.717) is 31.9 Å². The van der Waals surface area contributed by atoms with Gasteiger partial charge in [-0.2, -0.15) is 0 Å². The maximum Gasteiger partial charge on any atom is 0.191 e. The third-order valence-corrected chi connectivity index (χ3v) is 5.70. The normalized spacial score (nSPS) is 21.9. The van der Waals surface area contributed by atoms with Crippen molar-refractivity contribution in [3.8, 4) is 0 Å². The number of aliphatic hydroxyl groups excluding tert-OH is 1. The van der Waals surface area contributed by atoms with Gasteiger partial charge in [0.25, 0.3) is 0 Å². The second-order valence-electron chi connectivity index (χ2n) is 6.26. The van der Waals surface area contributed by atoms with Gasteiger partial charge in [-0.15, -0.1) is 0 Å². The Bertz CT molecular complexity index is 560. The Labute approximate surface area is 152 Å². The second-order valence-corrected chi connectivity index (χ2v) is 7.83. The molecule has 0 aromatic heterocycles. The summed E-state index contributed by atoms with van der Waals surface area (Å²) in [5.41, 5.74) is -0.0655. The average molecular weight is 368 g/mol. The molecule has 140 valence electrons. The molecule has 2 atom stereocenters. The fraction of sp³-hybridized carbons (Fsp3) is 0.611. The number of rotatable bonds is 9. The number of nitrogens with zero attached hydrogens (tertiary/aromatic N) is 1. The Morgan fingerprint density at radius 2 is 2.16 bits per heavy atom.